The van der Waals surface area contributed by atoms with Gasteiger partial charge in [-0.25, -0.2) is 0 Å². The van der Waals surface area contributed by atoms with Crippen molar-refractivity contribution in [3.63, 3.8) is 0 Å². The number of rotatable bonds is 2. The molecule has 13 heavy (non-hydrogen) atoms. The van der Waals surface area contributed by atoms with Gasteiger partial charge in [0.25, 0.3) is 0 Å². The van der Waals surface area contributed by atoms with E-state index in [2.05, 4.69) is 21.1 Å². The summed E-state index contributed by atoms with van der Waals surface area (Å²) in [5, 5.41) is 0. The van der Waals surface area contributed by atoms with E-state index in [1.54, 1.807) is 0 Å². The zero-order valence-electron chi connectivity index (χ0n) is 8.62. The van der Waals surface area contributed by atoms with Gasteiger partial charge in [-0.3, -0.25) is 4.21 Å². The van der Waals surface area contributed by atoms with Crippen molar-refractivity contribution in [2.45, 2.75) is 18.5 Å². The second-order valence-electron chi connectivity index (χ2n) is 4.35. The van der Waals surface area contributed by atoms with E-state index in [1.165, 1.54) is 0 Å². The molecule has 1 fully saturated rings. The summed E-state index contributed by atoms with van der Waals surface area (Å²) in [6.07, 6.45) is 0.181. The fraction of sp³-hybridized carbons (Fsp3) is 1.00. The second kappa shape index (κ2) is 5.04. The first kappa shape index (κ1) is 13.8. The third-order valence-corrected chi connectivity index (χ3v) is 3.41. The molecule has 1 saturated heterocycles. The van der Waals surface area contributed by atoms with E-state index in [0.29, 0.717) is 5.75 Å². The van der Waals surface area contributed by atoms with Crippen molar-refractivity contribution in [2.24, 2.45) is 0 Å². The third kappa shape index (κ3) is 4.71. The van der Waals surface area contributed by atoms with Crippen molar-refractivity contribution in [3.8, 4) is 0 Å². The monoisotopic (exact) mass is 319 g/mol. The summed E-state index contributed by atoms with van der Waals surface area (Å²) in [5.41, 5.74) is -0.0680. The van der Waals surface area contributed by atoms with Gasteiger partial charge in [0.15, 0.2) is 0 Å². The molecule has 0 bridgehead atoms. The number of nitrogens with zero attached hydrogens (tertiary/aromatic N) is 1. The minimum atomic E-state index is -0.765. The van der Waals surface area contributed by atoms with Gasteiger partial charge in [0.1, 0.15) is 18.1 Å². The van der Waals surface area contributed by atoms with E-state index in [-0.39, 0.29) is 35.5 Å². The van der Waals surface area contributed by atoms with Gasteiger partial charge in [0.2, 0.25) is 0 Å². The van der Waals surface area contributed by atoms with Gasteiger partial charge in [0.05, 0.1) is 37.7 Å². The van der Waals surface area contributed by atoms with Crippen LogP contribution in [0.1, 0.15) is 6.92 Å². The summed E-state index contributed by atoms with van der Waals surface area (Å²) in [4.78, 5) is 0. The van der Waals surface area contributed by atoms with E-state index in [4.69, 9.17) is 4.74 Å². The Hall–Kier alpha value is 0.800. The fourth-order valence-electron chi connectivity index (χ4n) is 1.40. The van der Waals surface area contributed by atoms with Crippen LogP contribution in [0.15, 0.2) is 0 Å². The van der Waals surface area contributed by atoms with Crippen LogP contribution in [0, 0.1) is 0 Å². The predicted octanol–water partition coefficient (Wildman–Crippen LogP) is -2.81. The highest BCUT2D eigenvalue weighted by molar-refractivity contribution is 7.85. The quantitative estimate of drug-likeness (QED) is 0.406. The molecule has 3 atom stereocenters. The van der Waals surface area contributed by atoms with Crippen LogP contribution in [0.25, 0.3) is 0 Å². The van der Waals surface area contributed by atoms with E-state index in [1.807, 2.05) is 6.92 Å². The largest absolute Gasteiger partial charge is 1.00 e. The second-order valence-corrected chi connectivity index (χ2v) is 6.10. The maximum atomic E-state index is 11.2. The molecule has 0 radical (unpaired) electrons. The average molecular weight is 319 g/mol. The molecule has 1 aliphatic heterocycles. The summed E-state index contributed by atoms with van der Waals surface area (Å²) in [6.45, 7) is 2.82. The molecule has 80 valence electrons. The highest BCUT2D eigenvalue weighted by Gasteiger charge is 2.32. The first-order valence-electron chi connectivity index (χ1n) is 4.21. The summed E-state index contributed by atoms with van der Waals surface area (Å²) in [5.74, 6) is 0.705. The molecule has 0 aromatic rings. The molecule has 1 rings (SSSR count). The number of likely N-dealkylation sites (N-methyl/N-ethyl adjacent to an activating group) is 1. The lowest BCUT2D eigenvalue weighted by Gasteiger charge is -2.26. The van der Waals surface area contributed by atoms with Gasteiger partial charge in [-0.05, 0) is 6.92 Å². The maximum Gasteiger partial charge on any atom is 0.130 e. The van der Waals surface area contributed by atoms with Crippen molar-refractivity contribution in [3.05, 3.63) is 0 Å². The van der Waals surface area contributed by atoms with Crippen molar-refractivity contribution in [1.82, 2.24) is 0 Å². The Bertz CT molecular complexity index is 193. The minimum Gasteiger partial charge on any atom is -1.00 e. The van der Waals surface area contributed by atoms with Crippen LogP contribution >= 0.6 is 0 Å². The van der Waals surface area contributed by atoms with Gasteiger partial charge < -0.3 is 33.2 Å². The van der Waals surface area contributed by atoms with E-state index < -0.39 is 10.8 Å². The molecule has 5 heteroatoms. The number of quaternary nitrogens is 1. The highest BCUT2D eigenvalue weighted by atomic mass is 127. The van der Waals surface area contributed by atoms with Gasteiger partial charge in [-0.2, -0.15) is 0 Å². The lowest BCUT2D eigenvalue weighted by Crippen LogP contribution is -3.00. The summed E-state index contributed by atoms with van der Waals surface area (Å²) < 4.78 is 17.7. The van der Waals surface area contributed by atoms with E-state index in [9.17, 15) is 4.21 Å². The van der Waals surface area contributed by atoms with Gasteiger partial charge in [0, 0.05) is 0 Å². The molecule has 0 N–H and O–H groups in total. The van der Waals surface area contributed by atoms with Crippen LogP contribution < -0.4 is 24.0 Å². The molecular weight excluding hydrogens is 301 g/mol. The Balaban J connectivity index is 0.00000144. The SMILES string of the molecule is C[C@H]1O[C@H](C[N+](C)(C)C)CS1=O.[I-]. The van der Waals surface area contributed by atoms with Crippen LogP contribution in [-0.4, -0.2) is 53.7 Å². The summed E-state index contributed by atoms with van der Waals surface area (Å²) in [7, 11) is 5.60. The lowest BCUT2D eigenvalue weighted by molar-refractivity contribution is -0.873. The summed E-state index contributed by atoms with van der Waals surface area (Å²) in [6, 6.07) is 0. The van der Waals surface area contributed by atoms with Gasteiger partial charge in [-0.1, -0.05) is 0 Å². The fourth-order valence-corrected chi connectivity index (χ4v) is 2.50. The number of halogens is 1. The molecule has 0 amide bonds. The predicted molar refractivity (Wildman–Crippen MR) is 50.2 cm³/mol. The van der Waals surface area contributed by atoms with Crippen LogP contribution in [-0.2, 0) is 15.5 Å². The number of hydrogen-bond acceptors (Lipinski definition) is 2. The Morgan fingerprint density at radius 2 is 2.00 bits per heavy atom. The average Bonchev–Trinajstić information content (AvgIpc) is 2.07. The molecule has 0 saturated carbocycles. The zero-order chi connectivity index (χ0) is 9.35. The van der Waals surface area contributed by atoms with E-state index >= 15 is 0 Å². The Morgan fingerprint density at radius 3 is 2.31 bits per heavy atom. The number of hydrogen-bond donors (Lipinski definition) is 0. The van der Waals surface area contributed by atoms with Crippen LogP contribution in [0.3, 0.4) is 0 Å². The minimum absolute atomic E-state index is 0. The molecular formula is C8H18INO2S. The highest BCUT2D eigenvalue weighted by Crippen LogP contribution is 2.16. The molecule has 0 aliphatic carbocycles. The molecule has 0 spiro atoms. The Morgan fingerprint density at radius 1 is 1.46 bits per heavy atom. The van der Waals surface area contributed by atoms with Crippen molar-refractivity contribution < 1.29 is 37.4 Å². The normalized spacial score (nSPS) is 34.3. The van der Waals surface area contributed by atoms with Gasteiger partial charge >= 0.3 is 0 Å². The van der Waals surface area contributed by atoms with Crippen molar-refractivity contribution in [1.29, 1.82) is 0 Å². The smallest absolute Gasteiger partial charge is 0.130 e. The van der Waals surface area contributed by atoms with E-state index in [0.717, 1.165) is 11.0 Å². The van der Waals surface area contributed by atoms with Crippen LogP contribution in [0.2, 0.25) is 0 Å². The summed E-state index contributed by atoms with van der Waals surface area (Å²) >= 11 is 0. The third-order valence-electron chi connectivity index (χ3n) is 1.86. The first-order valence-corrected chi connectivity index (χ1v) is 5.60. The Labute approximate surface area is 99.9 Å². The zero-order valence-corrected chi connectivity index (χ0v) is 11.6. The van der Waals surface area contributed by atoms with Crippen LogP contribution in [0.4, 0.5) is 0 Å². The lowest BCUT2D eigenvalue weighted by atomic mass is 10.3. The maximum absolute atomic E-state index is 11.2. The standard InChI is InChI=1S/C8H18NO2S.HI/c1-7-11-8(6-12(7)10)5-9(2,3)4;/h7-8H,5-6H2,1-4H3;1H/q+1;/p-1/t7-,8+,12?;/m0./s1. The first-order chi connectivity index (χ1) is 5.38. The molecule has 3 nitrogen and oxygen atoms in total. The molecule has 0 aromatic heterocycles. The van der Waals surface area contributed by atoms with Crippen molar-refractivity contribution >= 4 is 10.8 Å². The molecule has 1 aliphatic rings. The van der Waals surface area contributed by atoms with Gasteiger partial charge in [-0.15, -0.1) is 0 Å². The molecule has 1 unspecified atom stereocenters. The Kier molecular flexibility index (Phi) is 5.35. The molecule has 1 heterocycles. The van der Waals surface area contributed by atoms with Crippen molar-refractivity contribution in [2.75, 3.05) is 33.4 Å². The number of ether oxygens (including phenoxy) is 1. The topological polar surface area (TPSA) is 26.3 Å². The van der Waals surface area contributed by atoms with Crippen LogP contribution in [0.5, 0.6) is 0 Å². The molecule has 0 aromatic carbocycles.